The summed E-state index contributed by atoms with van der Waals surface area (Å²) in [7, 11) is 0. The lowest BCUT2D eigenvalue weighted by molar-refractivity contribution is 0.862. The quantitative estimate of drug-likeness (QED) is 0.700. The van der Waals surface area contributed by atoms with E-state index in [-0.39, 0.29) is 0 Å². The van der Waals surface area contributed by atoms with Gasteiger partial charge < -0.3 is 0 Å². The van der Waals surface area contributed by atoms with Gasteiger partial charge in [-0.1, -0.05) is 61.9 Å². The van der Waals surface area contributed by atoms with E-state index in [4.69, 9.17) is 0 Å². The van der Waals surface area contributed by atoms with E-state index in [1.807, 2.05) is 0 Å². The smallest absolute Gasteiger partial charge is 0.0219 e. The Bertz CT molecular complexity index is 532. The summed E-state index contributed by atoms with van der Waals surface area (Å²) >= 11 is 0. The second-order valence-electron chi connectivity index (χ2n) is 5.83. The maximum Gasteiger partial charge on any atom is -0.0219 e. The molecule has 0 nitrogen and oxygen atoms in total. The largest absolute Gasteiger partial charge is 0.0590 e. The van der Waals surface area contributed by atoms with Crippen molar-refractivity contribution in [2.75, 3.05) is 0 Å². The molecule has 0 spiro atoms. The van der Waals surface area contributed by atoms with Gasteiger partial charge in [-0.05, 0) is 54.9 Å². The van der Waals surface area contributed by atoms with Gasteiger partial charge in [0, 0.05) is 0 Å². The van der Waals surface area contributed by atoms with E-state index in [1.165, 1.54) is 27.8 Å². The molecular formula is C19H24. The van der Waals surface area contributed by atoms with Crippen LogP contribution >= 0.6 is 0 Å². The minimum Gasteiger partial charge on any atom is -0.0590 e. The predicted octanol–water partition coefficient (Wildman–Crippen LogP) is 5.21. The summed E-state index contributed by atoms with van der Waals surface area (Å²) in [5.74, 6) is 0.619. The van der Waals surface area contributed by atoms with Crippen LogP contribution in [0, 0.1) is 13.8 Å². The van der Waals surface area contributed by atoms with Gasteiger partial charge in [-0.2, -0.15) is 0 Å². The standard InChI is InChI=1S/C19H24/c1-14(2)18-10-7-17(8-11-18)9-12-19-13-15(3)5-6-16(19)4/h5-8,10-11,13-14H,9,12H2,1-4H3. The molecule has 19 heavy (non-hydrogen) atoms. The van der Waals surface area contributed by atoms with Crippen molar-refractivity contribution in [1.82, 2.24) is 0 Å². The molecule has 0 aromatic heterocycles. The van der Waals surface area contributed by atoms with Crippen molar-refractivity contribution < 1.29 is 0 Å². The SMILES string of the molecule is Cc1ccc(C)c(CCc2ccc(C(C)C)cc2)c1. The molecular weight excluding hydrogens is 228 g/mol. The first kappa shape index (κ1) is 13.9. The Labute approximate surface area is 117 Å². The molecule has 0 N–H and O–H groups in total. The van der Waals surface area contributed by atoms with Crippen molar-refractivity contribution in [3.63, 3.8) is 0 Å². The molecule has 2 rings (SSSR count). The molecule has 0 amide bonds. The van der Waals surface area contributed by atoms with Gasteiger partial charge in [0.05, 0.1) is 0 Å². The average molecular weight is 252 g/mol. The van der Waals surface area contributed by atoms with Crippen LogP contribution in [0.2, 0.25) is 0 Å². The highest BCUT2D eigenvalue weighted by Crippen LogP contribution is 2.17. The predicted molar refractivity (Wildman–Crippen MR) is 83.9 cm³/mol. The number of rotatable bonds is 4. The lowest BCUT2D eigenvalue weighted by atomic mass is 9.97. The lowest BCUT2D eigenvalue weighted by Gasteiger charge is -2.09. The molecule has 2 aromatic rings. The van der Waals surface area contributed by atoms with Crippen molar-refractivity contribution in [2.45, 2.75) is 46.5 Å². The van der Waals surface area contributed by atoms with Gasteiger partial charge in [0.25, 0.3) is 0 Å². The number of aryl methyl sites for hydroxylation is 4. The van der Waals surface area contributed by atoms with E-state index in [0.717, 1.165) is 12.8 Å². The lowest BCUT2D eigenvalue weighted by Crippen LogP contribution is -1.95. The third-order valence-electron chi connectivity index (χ3n) is 3.83. The Kier molecular flexibility index (Phi) is 4.42. The summed E-state index contributed by atoms with van der Waals surface area (Å²) in [5, 5.41) is 0. The molecule has 0 radical (unpaired) electrons. The van der Waals surface area contributed by atoms with Gasteiger partial charge in [0.2, 0.25) is 0 Å². The summed E-state index contributed by atoms with van der Waals surface area (Å²) < 4.78 is 0. The highest BCUT2D eigenvalue weighted by atomic mass is 14.1. The van der Waals surface area contributed by atoms with Gasteiger partial charge in [-0.15, -0.1) is 0 Å². The Morgan fingerprint density at radius 3 is 2.16 bits per heavy atom. The normalized spacial score (nSPS) is 11.0. The molecule has 100 valence electrons. The minimum atomic E-state index is 0.619. The highest BCUT2D eigenvalue weighted by Gasteiger charge is 2.02. The van der Waals surface area contributed by atoms with E-state index < -0.39 is 0 Å². The molecule has 0 saturated heterocycles. The topological polar surface area (TPSA) is 0 Å². The van der Waals surface area contributed by atoms with E-state index in [9.17, 15) is 0 Å². The van der Waals surface area contributed by atoms with Gasteiger partial charge >= 0.3 is 0 Å². The zero-order chi connectivity index (χ0) is 13.8. The minimum absolute atomic E-state index is 0.619. The van der Waals surface area contributed by atoms with E-state index in [0.29, 0.717) is 5.92 Å². The summed E-state index contributed by atoms with van der Waals surface area (Å²) in [6, 6.07) is 15.8. The molecule has 0 heterocycles. The molecule has 0 bridgehead atoms. The van der Waals surface area contributed by atoms with Crippen LogP contribution in [0.5, 0.6) is 0 Å². The van der Waals surface area contributed by atoms with Gasteiger partial charge in [0.1, 0.15) is 0 Å². The van der Waals surface area contributed by atoms with E-state index in [1.54, 1.807) is 0 Å². The first-order valence-corrected chi connectivity index (χ1v) is 7.21. The maximum absolute atomic E-state index is 2.32. The third kappa shape index (κ3) is 3.70. The fourth-order valence-electron chi connectivity index (χ4n) is 2.42. The molecule has 0 atom stereocenters. The van der Waals surface area contributed by atoms with Crippen molar-refractivity contribution in [1.29, 1.82) is 0 Å². The molecule has 0 heteroatoms. The van der Waals surface area contributed by atoms with Crippen LogP contribution in [0.3, 0.4) is 0 Å². The van der Waals surface area contributed by atoms with Crippen LogP contribution in [0.25, 0.3) is 0 Å². The van der Waals surface area contributed by atoms with Crippen molar-refractivity contribution in [3.05, 3.63) is 70.3 Å². The van der Waals surface area contributed by atoms with E-state index in [2.05, 4.69) is 70.2 Å². The Hall–Kier alpha value is -1.56. The molecule has 2 aromatic carbocycles. The van der Waals surface area contributed by atoms with Crippen LogP contribution in [0.4, 0.5) is 0 Å². The fourth-order valence-corrected chi connectivity index (χ4v) is 2.42. The summed E-state index contributed by atoms with van der Waals surface area (Å²) in [6.45, 7) is 8.85. The van der Waals surface area contributed by atoms with E-state index >= 15 is 0 Å². The van der Waals surface area contributed by atoms with Gasteiger partial charge in [-0.3, -0.25) is 0 Å². The molecule has 0 fully saturated rings. The Morgan fingerprint density at radius 2 is 1.53 bits per heavy atom. The number of hydrogen-bond donors (Lipinski definition) is 0. The zero-order valence-electron chi connectivity index (χ0n) is 12.5. The van der Waals surface area contributed by atoms with Crippen LogP contribution < -0.4 is 0 Å². The fraction of sp³-hybridized carbons (Fsp3) is 0.368. The first-order chi connectivity index (χ1) is 9.06. The number of benzene rings is 2. The molecule has 0 saturated carbocycles. The highest BCUT2D eigenvalue weighted by molar-refractivity contribution is 5.32. The van der Waals surface area contributed by atoms with Crippen LogP contribution in [0.15, 0.2) is 42.5 Å². The second-order valence-corrected chi connectivity index (χ2v) is 5.83. The van der Waals surface area contributed by atoms with Crippen LogP contribution in [-0.4, -0.2) is 0 Å². The monoisotopic (exact) mass is 252 g/mol. The van der Waals surface area contributed by atoms with Crippen molar-refractivity contribution in [3.8, 4) is 0 Å². The zero-order valence-corrected chi connectivity index (χ0v) is 12.5. The molecule has 0 aliphatic heterocycles. The van der Waals surface area contributed by atoms with Gasteiger partial charge in [-0.25, -0.2) is 0 Å². The molecule has 0 aliphatic rings. The Morgan fingerprint density at radius 1 is 0.842 bits per heavy atom. The second kappa shape index (κ2) is 6.06. The summed E-state index contributed by atoms with van der Waals surface area (Å²) in [6.07, 6.45) is 2.26. The van der Waals surface area contributed by atoms with Crippen molar-refractivity contribution >= 4 is 0 Å². The van der Waals surface area contributed by atoms with Crippen LogP contribution in [0.1, 0.15) is 47.6 Å². The first-order valence-electron chi connectivity index (χ1n) is 7.21. The third-order valence-corrected chi connectivity index (χ3v) is 3.83. The molecule has 0 aliphatic carbocycles. The summed E-state index contributed by atoms with van der Waals surface area (Å²) in [4.78, 5) is 0. The van der Waals surface area contributed by atoms with Gasteiger partial charge in [0.15, 0.2) is 0 Å². The number of hydrogen-bond acceptors (Lipinski definition) is 0. The maximum atomic E-state index is 2.32. The average Bonchev–Trinajstić information content (AvgIpc) is 2.40. The summed E-state index contributed by atoms with van der Waals surface area (Å²) in [5.41, 5.74) is 7.11. The van der Waals surface area contributed by atoms with Crippen LogP contribution in [-0.2, 0) is 12.8 Å². The molecule has 0 unspecified atom stereocenters. The Balaban J connectivity index is 2.04. The van der Waals surface area contributed by atoms with Crippen molar-refractivity contribution in [2.24, 2.45) is 0 Å².